The van der Waals surface area contributed by atoms with Crippen LogP contribution in [0.5, 0.6) is 0 Å². The molecule has 0 heterocycles. The summed E-state index contributed by atoms with van der Waals surface area (Å²) in [7, 11) is -1.91. The Balaban J connectivity index is 0.000000591. The lowest BCUT2D eigenvalue weighted by molar-refractivity contribution is -0.134. The maximum absolute atomic E-state index is 9.00. The maximum Gasteiger partial charge on any atom is 0.300 e. The van der Waals surface area contributed by atoms with Crippen LogP contribution in [0.15, 0.2) is 121 Å². The van der Waals surface area contributed by atoms with Gasteiger partial charge in [0.1, 0.15) is 28.5 Å². The van der Waals surface area contributed by atoms with E-state index in [-0.39, 0.29) is 5.48 Å². The number of benzene rings is 4. The van der Waals surface area contributed by atoms with Crippen LogP contribution >= 0.6 is 7.26 Å². The van der Waals surface area contributed by atoms with Crippen LogP contribution in [-0.4, -0.2) is 16.6 Å². The molecule has 0 aliphatic carbocycles. The smallest absolute Gasteiger partial charge is 0.300 e. The average Bonchev–Trinajstić information content (AvgIpc) is 2.77. The van der Waals surface area contributed by atoms with E-state index in [9.17, 15) is 0 Å². The number of carboxylic acid groups (broad SMARTS) is 1. The van der Waals surface area contributed by atoms with Crippen molar-refractivity contribution >= 4 is 34.4 Å². The van der Waals surface area contributed by atoms with Crippen LogP contribution in [0, 0.1) is 0 Å². The molecule has 0 fully saturated rings. The topological polar surface area (TPSA) is 67.3 Å². The third kappa shape index (κ3) is 5.01. The van der Waals surface area contributed by atoms with Gasteiger partial charge in [-0.2, -0.15) is 0 Å². The fraction of sp³-hybridized carbons (Fsp3) is 0.0385. The monoisotopic (exact) mass is 416 g/mol. The molecular weight excluding hydrogens is 391 g/mol. The van der Waals surface area contributed by atoms with E-state index >= 15 is 0 Å². The van der Waals surface area contributed by atoms with E-state index in [1.165, 1.54) is 21.2 Å². The zero-order valence-electron chi connectivity index (χ0n) is 16.8. The molecule has 4 heteroatoms. The summed E-state index contributed by atoms with van der Waals surface area (Å²) in [6.07, 6.45) is 0. The fourth-order valence-electron chi connectivity index (χ4n) is 3.50. The minimum Gasteiger partial charge on any atom is -0.870 e. The largest absolute Gasteiger partial charge is 0.870 e. The predicted molar refractivity (Wildman–Crippen MR) is 126 cm³/mol. The second-order valence-corrected chi connectivity index (χ2v) is 9.94. The summed E-state index contributed by atoms with van der Waals surface area (Å²) in [5, 5.41) is 13.0. The molecule has 0 radical (unpaired) electrons. The summed E-state index contributed by atoms with van der Waals surface area (Å²) >= 11 is 0. The molecule has 0 saturated heterocycles. The van der Waals surface area contributed by atoms with E-state index in [1.807, 2.05) is 0 Å². The first kappa shape index (κ1) is 23.0. The van der Waals surface area contributed by atoms with Crippen LogP contribution in [0.4, 0.5) is 0 Å². The Kier molecular flexibility index (Phi) is 8.49. The average molecular weight is 416 g/mol. The molecule has 0 aliphatic heterocycles. The first-order chi connectivity index (χ1) is 14.2. The highest BCUT2D eigenvalue weighted by Crippen LogP contribution is 2.53. The summed E-state index contributed by atoms with van der Waals surface area (Å²) in [4.78, 5) is 9.00. The molecule has 4 rings (SSSR count). The quantitative estimate of drug-likeness (QED) is 0.507. The van der Waals surface area contributed by atoms with Gasteiger partial charge in [0.2, 0.25) is 0 Å². The lowest BCUT2D eigenvalue weighted by atomic mass is 10.3. The van der Waals surface area contributed by atoms with Gasteiger partial charge in [0.05, 0.1) is 0 Å². The molecular formula is C26H25O3P. The maximum atomic E-state index is 9.00. The molecule has 0 spiro atoms. The van der Waals surface area contributed by atoms with Crippen molar-refractivity contribution in [3.8, 4) is 0 Å². The standard InChI is InChI=1S/C24H20P.C2H4O2.H2O/c1-5-13-21(14-6-1)25(22-15-7-2-8-16-22,23-17-9-3-10-18-23)24-19-11-4-12-20-24;1-2(3)4;/h1-20H;1H3,(H,3,4);1H2/q+1;;/p-1. The van der Waals surface area contributed by atoms with Crippen molar-refractivity contribution in [3.63, 3.8) is 0 Å². The Morgan fingerprint density at radius 2 is 0.700 bits per heavy atom. The van der Waals surface area contributed by atoms with Crippen molar-refractivity contribution in [2.24, 2.45) is 0 Å². The van der Waals surface area contributed by atoms with E-state index in [0.717, 1.165) is 6.92 Å². The Bertz CT molecular complexity index is 853. The molecule has 0 atom stereocenters. The Morgan fingerprint density at radius 1 is 0.533 bits per heavy atom. The van der Waals surface area contributed by atoms with Crippen molar-refractivity contribution < 1.29 is 15.4 Å². The first-order valence-electron chi connectivity index (χ1n) is 9.46. The van der Waals surface area contributed by atoms with Crippen LogP contribution in [-0.2, 0) is 4.79 Å². The van der Waals surface area contributed by atoms with Gasteiger partial charge < -0.3 is 10.6 Å². The number of hydrogen-bond acceptors (Lipinski definition) is 2. The van der Waals surface area contributed by atoms with Crippen LogP contribution in [0.25, 0.3) is 0 Å². The Labute approximate surface area is 178 Å². The van der Waals surface area contributed by atoms with E-state index < -0.39 is 13.2 Å². The molecule has 4 aromatic rings. The summed E-state index contributed by atoms with van der Waals surface area (Å²) < 4.78 is 0. The SMILES string of the molecule is CC(=O)O.[OH-].c1ccc([P+](c2ccccc2)(c2ccccc2)c2ccccc2)cc1. The van der Waals surface area contributed by atoms with E-state index in [4.69, 9.17) is 9.90 Å². The van der Waals surface area contributed by atoms with Crippen LogP contribution in [0.1, 0.15) is 6.92 Å². The van der Waals surface area contributed by atoms with Gasteiger partial charge in [0, 0.05) is 6.92 Å². The van der Waals surface area contributed by atoms with Crippen molar-refractivity contribution in [3.05, 3.63) is 121 Å². The highest BCUT2D eigenvalue weighted by molar-refractivity contribution is 8.01. The van der Waals surface area contributed by atoms with E-state index in [1.54, 1.807) is 0 Å². The van der Waals surface area contributed by atoms with Crippen molar-refractivity contribution in [1.82, 2.24) is 0 Å². The molecule has 0 bridgehead atoms. The fourth-order valence-corrected chi connectivity index (χ4v) is 7.77. The first-order valence-corrected chi connectivity index (χ1v) is 11.3. The highest BCUT2D eigenvalue weighted by atomic mass is 31.2. The van der Waals surface area contributed by atoms with Gasteiger partial charge >= 0.3 is 0 Å². The molecule has 30 heavy (non-hydrogen) atoms. The van der Waals surface area contributed by atoms with Gasteiger partial charge in [-0.25, -0.2) is 0 Å². The minimum absolute atomic E-state index is 0. The van der Waals surface area contributed by atoms with Gasteiger partial charge in [0.25, 0.3) is 5.97 Å². The van der Waals surface area contributed by atoms with Gasteiger partial charge in [-0.15, -0.1) is 0 Å². The predicted octanol–water partition coefficient (Wildman–Crippen LogP) is 4.22. The van der Waals surface area contributed by atoms with Crippen molar-refractivity contribution in [1.29, 1.82) is 0 Å². The van der Waals surface area contributed by atoms with Crippen molar-refractivity contribution in [2.75, 3.05) is 0 Å². The normalized spacial score (nSPS) is 10.2. The zero-order chi connectivity index (χ0) is 20.5. The van der Waals surface area contributed by atoms with Gasteiger partial charge in [0.15, 0.2) is 0 Å². The third-order valence-corrected chi connectivity index (χ3v) is 8.86. The molecule has 0 aromatic heterocycles. The number of hydrogen-bond donors (Lipinski definition) is 1. The molecule has 0 saturated carbocycles. The number of rotatable bonds is 4. The zero-order valence-corrected chi connectivity index (χ0v) is 17.7. The second kappa shape index (κ2) is 11.1. The Hall–Kier alpha value is -3.26. The van der Waals surface area contributed by atoms with Crippen LogP contribution < -0.4 is 21.2 Å². The molecule has 4 aromatic carbocycles. The summed E-state index contributed by atoms with van der Waals surface area (Å²) in [6, 6.07) is 43.8. The summed E-state index contributed by atoms with van der Waals surface area (Å²) in [6.45, 7) is 1.08. The van der Waals surface area contributed by atoms with E-state index in [2.05, 4.69) is 121 Å². The Morgan fingerprint density at radius 3 is 0.867 bits per heavy atom. The van der Waals surface area contributed by atoms with Crippen molar-refractivity contribution in [2.45, 2.75) is 6.92 Å². The summed E-state index contributed by atoms with van der Waals surface area (Å²) in [5.74, 6) is -0.833. The van der Waals surface area contributed by atoms with E-state index in [0.29, 0.717) is 0 Å². The molecule has 152 valence electrons. The number of carbonyl (C=O) groups is 1. The molecule has 3 nitrogen and oxygen atoms in total. The second-order valence-electron chi connectivity index (χ2n) is 6.53. The van der Waals surface area contributed by atoms with Gasteiger partial charge in [-0.1, -0.05) is 72.8 Å². The molecule has 0 amide bonds. The molecule has 0 aliphatic rings. The third-order valence-electron chi connectivity index (χ3n) is 4.57. The van der Waals surface area contributed by atoms with Gasteiger partial charge in [-0.05, 0) is 48.5 Å². The summed E-state index contributed by atoms with van der Waals surface area (Å²) in [5.41, 5.74) is 0. The molecule has 2 N–H and O–H groups in total. The lowest BCUT2D eigenvalue weighted by Crippen LogP contribution is -2.38. The number of aliphatic carboxylic acids is 1. The minimum atomic E-state index is -1.91. The van der Waals surface area contributed by atoms with Crippen LogP contribution in [0.3, 0.4) is 0 Å². The lowest BCUT2D eigenvalue weighted by Gasteiger charge is -2.27. The van der Waals surface area contributed by atoms with Crippen LogP contribution in [0.2, 0.25) is 0 Å². The molecule has 0 unspecified atom stereocenters. The highest BCUT2D eigenvalue weighted by Gasteiger charge is 2.47. The van der Waals surface area contributed by atoms with Gasteiger partial charge in [-0.3, -0.25) is 4.79 Å². The number of carboxylic acids is 1.